The van der Waals surface area contributed by atoms with Crippen LogP contribution in [0.2, 0.25) is 19.6 Å². The predicted molar refractivity (Wildman–Crippen MR) is 114 cm³/mol. The number of hydrogen-bond acceptors (Lipinski definition) is 4. The van der Waals surface area contributed by atoms with E-state index in [9.17, 15) is 9.59 Å². The van der Waals surface area contributed by atoms with Gasteiger partial charge in [-0.2, -0.15) is 0 Å². The van der Waals surface area contributed by atoms with E-state index in [0.29, 0.717) is 12.9 Å². The molecule has 0 N–H and O–H groups in total. The van der Waals surface area contributed by atoms with Crippen LogP contribution in [0.1, 0.15) is 65.2 Å². The molecule has 0 aromatic rings. The SMILES string of the molecule is CCCC/C=C/[C@@H](CC(=O)[CH][CH][CH][C@@H](CCCCC)OC=O)O[Si](C)(C)C. The van der Waals surface area contributed by atoms with Gasteiger partial charge in [0.15, 0.2) is 8.32 Å². The number of carbonyl (C=O) groups is 2. The fraction of sp³-hybridized carbons (Fsp3) is 0.682. The first-order valence-electron chi connectivity index (χ1n) is 10.3. The Hall–Kier alpha value is -0.943. The van der Waals surface area contributed by atoms with Gasteiger partial charge in [0.05, 0.1) is 6.10 Å². The van der Waals surface area contributed by atoms with Crippen LogP contribution in [0.25, 0.3) is 0 Å². The van der Waals surface area contributed by atoms with E-state index in [1.54, 1.807) is 19.3 Å². The van der Waals surface area contributed by atoms with Crippen molar-refractivity contribution in [2.45, 2.75) is 97.1 Å². The topological polar surface area (TPSA) is 52.6 Å². The van der Waals surface area contributed by atoms with Crippen LogP contribution < -0.4 is 0 Å². The van der Waals surface area contributed by atoms with E-state index in [0.717, 1.165) is 44.9 Å². The van der Waals surface area contributed by atoms with Crippen LogP contribution in [0.5, 0.6) is 0 Å². The number of allylic oxidation sites excluding steroid dienone is 1. The second-order valence-electron chi connectivity index (χ2n) is 7.83. The van der Waals surface area contributed by atoms with Crippen molar-refractivity contribution in [3.05, 3.63) is 31.4 Å². The average Bonchev–Trinajstić information content (AvgIpc) is 2.57. The first-order chi connectivity index (χ1) is 12.8. The Labute approximate surface area is 168 Å². The highest BCUT2D eigenvalue weighted by Crippen LogP contribution is 2.15. The van der Waals surface area contributed by atoms with Crippen LogP contribution in [0.3, 0.4) is 0 Å². The Balaban J connectivity index is 4.39. The van der Waals surface area contributed by atoms with Gasteiger partial charge in [0.25, 0.3) is 6.47 Å². The predicted octanol–water partition coefficient (Wildman–Crippen LogP) is 5.65. The molecule has 4 nitrogen and oxygen atoms in total. The first-order valence-corrected chi connectivity index (χ1v) is 13.7. The smallest absolute Gasteiger partial charge is 0.293 e. The lowest BCUT2D eigenvalue weighted by atomic mass is 10.0. The molecule has 3 radical (unpaired) electrons. The molecule has 0 aromatic carbocycles. The summed E-state index contributed by atoms with van der Waals surface area (Å²) < 4.78 is 11.2. The summed E-state index contributed by atoms with van der Waals surface area (Å²) in [5.74, 6) is 0.0213. The Kier molecular flexibility index (Phi) is 15.5. The quantitative estimate of drug-likeness (QED) is 0.130. The van der Waals surface area contributed by atoms with Gasteiger partial charge in [0.2, 0.25) is 0 Å². The summed E-state index contributed by atoms with van der Waals surface area (Å²) in [5.41, 5.74) is 0. The molecular weight excluding hydrogens is 356 g/mol. The van der Waals surface area contributed by atoms with Crippen LogP contribution in [0.15, 0.2) is 12.2 Å². The molecule has 0 unspecified atom stereocenters. The monoisotopic (exact) mass is 395 g/mol. The molecule has 27 heavy (non-hydrogen) atoms. The molecule has 0 saturated heterocycles. The van der Waals surface area contributed by atoms with Crippen molar-refractivity contribution in [2.24, 2.45) is 0 Å². The maximum absolute atomic E-state index is 12.3. The average molecular weight is 396 g/mol. The number of rotatable bonds is 18. The van der Waals surface area contributed by atoms with E-state index in [2.05, 4.69) is 39.6 Å². The van der Waals surface area contributed by atoms with Crippen molar-refractivity contribution in [3.8, 4) is 0 Å². The van der Waals surface area contributed by atoms with Crippen molar-refractivity contribution < 1.29 is 18.8 Å². The van der Waals surface area contributed by atoms with Crippen molar-refractivity contribution in [1.29, 1.82) is 0 Å². The fourth-order valence-electron chi connectivity index (χ4n) is 2.60. The van der Waals surface area contributed by atoms with Gasteiger partial charge in [-0.25, -0.2) is 0 Å². The molecule has 5 heteroatoms. The zero-order valence-corrected chi connectivity index (χ0v) is 18.9. The van der Waals surface area contributed by atoms with Crippen molar-refractivity contribution >= 4 is 20.6 Å². The van der Waals surface area contributed by atoms with Crippen LogP contribution >= 0.6 is 0 Å². The second kappa shape index (κ2) is 16.1. The van der Waals surface area contributed by atoms with Gasteiger partial charge in [0, 0.05) is 19.3 Å². The number of hydrogen-bond donors (Lipinski definition) is 0. The highest BCUT2D eigenvalue weighted by Gasteiger charge is 2.21. The van der Waals surface area contributed by atoms with E-state index in [1.807, 2.05) is 6.08 Å². The molecule has 0 bridgehead atoms. The van der Waals surface area contributed by atoms with Gasteiger partial charge in [0.1, 0.15) is 11.9 Å². The summed E-state index contributed by atoms with van der Waals surface area (Å²) in [6.07, 6.45) is 16.4. The lowest BCUT2D eigenvalue weighted by Gasteiger charge is -2.24. The molecule has 155 valence electrons. The van der Waals surface area contributed by atoms with Crippen molar-refractivity contribution in [2.75, 3.05) is 0 Å². The summed E-state index contributed by atoms with van der Waals surface area (Å²) in [4.78, 5) is 22.9. The highest BCUT2D eigenvalue weighted by molar-refractivity contribution is 6.69. The lowest BCUT2D eigenvalue weighted by Crippen LogP contribution is -2.32. The van der Waals surface area contributed by atoms with Gasteiger partial charge in [-0.3, -0.25) is 9.59 Å². The summed E-state index contributed by atoms with van der Waals surface area (Å²) in [6, 6.07) is 0. The first kappa shape index (κ1) is 26.1. The number of ketones is 1. The van der Waals surface area contributed by atoms with Crippen LogP contribution in [0, 0.1) is 19.3 Å². The number of ether oxygens (including phenoxy) is 1. The van der Waals surface area contributed by atoms with E-state index < -0.39 is 8.32 Å². The minimum atomic E-state index is -1.73. The summed E-state index contributed by atoms with van der Waals surface area (Å²) in [5, 5.41) is 0. The van der Waals surface area contributed by atoms with Gasteiger partial charge < -0.3 is 9.16 Å². The third-order valence-electron chi connectivity index (χ3n) is 3.91. The highest BCUT2D eigenvalue weighted by atomic mass is 28.4. The third-order valence-corrected chi connectivity index (χ3v) is 4.92. The maximum atomic E-state index is 12.3. The molecule has 0 saturated carbocycles. The van der Waals surface area contributed by atoms with Gasteiger partial charge >= 0.3 is 0 Å². The second-order valence-corrected chi connectivity index (χ2v) is 12.3. The van der Waals surface area contributed by atoms with Crippen molar-refractivity contribution in [3.63, 3.8) is 0 Å². The Morgan fingerprint density at radius 1 is 1.04 bits per heavy atom. The van der Waals surface area contributed by atoms with Crippen LogP contribution in [-0.4, -0.2) is 32.8 Å². The molecule has 0 aliphatic heterocycles. The zero-order chi connectivity index (χ0) is 20.5. The number of Topliss-reactive ketones (excluding diaryl/α,β-unsaturated/α-hetero) is 1. The third kappa shape index (κ3) is 16.9. The largest absolute Gasteiger partial charge is 0.464 e. The standard InChI is InChI=1S/C22H39O4Si/c1-6-8-10-12-16-22(26-27(3,4)5)18-20(24)14-13-17-21(25-19-23)15-11-9-7-2/h12-14,16-17,19,21-22H,6-11,15,18H2,1-5H3/b16-12+/t21-,22+/m1/s1. The molecule has 0 aliphatic carbocycles. The summed E-state index contributed by atoms with van der Waals surface area (Å²) in [7, 11) is -1.73. The van der Waals surface area contributed by atoms with E-state index in [4.69, 9.17) is 9.16 Å². The molecule has 0 amide bonds. The molecular formula is C22H39O4Si. The molecule has 0 spiro atoms. The molecule has 0 aromatic heterocycles. The van der Waals surface area contributed by atoms with Crippen LogP contribution in [0.4, 0.5) is 0 Å². The lowest BCUT2D eigenvalue weighted by molar-refractivity contribution is -0.132. The maximum Gasteiger partial charge on any atom is 0.293 e. The summed E-state index contributed by atoms with van der Waals surface area (Å²) in [6.45, 7) is 11.2. The Morgan fingerprint density at radius 3 is 2.33 bits per heavy atom. The molecule has 0 heterocycles. The number of carbonyl (C=O) groups excluding carboxylic acids is 2. The minimum absolute atomic E-state index is 0.0213. The van der Waals surface area contributed by atoms with E-state index >= 15 is 0 Å². The minimum Gasteiger partial charge on any atom is -0.464 e. The number of unbranched alkanes of at least 4 members (excludes halogenated alkanes) is 4. The molecule has 0 aliphatic rings. The molecule has 2 atom stereocenters. The normalized spacial score (nSPS) is 14.3. The van der Waals surface area contributed by atoms with Crippen molar-refractivity contribution in [1.82, 2.24) is 0 Å². The van der Waals surface area contributed by atoms with Crippen LogP contribution in [-0.2, 0) is 18.8 Å². The van der Waals surface area contributed by atoms with Gasteiger partial charge in [-0.05, 0) is 45.3 Å². The van der Waals surface area contributed by atoms with E-state index in [1.165, 1.54) is 0 Å². The van der Waals surface area contributed by atoms with Gasteiger partial charge in [-0.15, -0.1) is 0 Å². The Morgan fingerprint density at radius 2 is 1.74 bits per heavy atom. The molecule has 0 fully saturated rings. The fourth-order valence-corrected chi connectivity index (χ4v) is 3.67. The molecule has 0 rings (SSSR count). The Bertz CT molecular complexity index is 415. The van der Waals surface area contributed by atoms with E-state index in [-0.39, 0.29) is 18.0 Å². The van der Waals surface area contributed by atoms with Gasteiger partial charge in [-0.1, -0.05) is 51.7 Å². The zero-order valence-electron chi connectivity index (χ0n) is 17.9. The summed E-state index contributed by atoms with van der Waals surface area (Å²) >= 11 is 0.